The van der Waals surface area contributed by atoms with Gasteiger partial charge in [-0.3, -0.25) is 0 Å². The predicted octanol–water partition coefficient (Wildman–Crippen LogP) is 4.07. The smallest absolute Gasteiger partial charge is 0.205 e. The van der Waals surface area contributed by atoms with Crippen molar-refractivity contribution in [2.75, 3.05) is 7.11 Å². The van der Waals surface area contributed by atoms with Crippen molar-refractivity contribution in [2.45, 2.75) is 5.92 Å². The fraction of sp³-hybridized carbons (Fsp3) is 0.0952. The van der Waals surface area contributed by atoms with Crippen LogP contribution in [0.3, 0.4) is 0 Å². The van der Waals surface area contributed by atoms with Crippen LogP contribution in [-0.4, -0.2) is 7.11 Å². The summed E-state index contributed by atoms with van der Waals surface area (Å²) in [5.74, 6) is 1.39. The number of fused-ring (bicyclic) bond motifs is 3. The maximum Gasteiger partial charge on any atom is 0.205 e. The Morgan fingerprint density at radius 2 is 1.80 bits per heavy atom. The SMILES string of the molecule is COc1ccc(C2C(C#N)=C(N)Oc3c2ccc2ccccc32)cc1. The highest BCUT2D eigenvalue weighted by atomic mass is 16.5. The van der Waals surface area contributed by atoms with Crippen molar-refractivity contribution >= 4 is 10.8 Å². The van der Waals surface area contributed by atoms with Gasteiger partial charge in [-0.05, 0) is 23.1 Å². The summed E-state index contributed by atoms with van der Waals surface area (Å²) in [6, 6.07) is 21.9. The van der Waals surface area contributed by atoms with Gasteiger partial charge in [-0.2, -0.15) is 5.26 Å². The van der Waals surface area contributed by atoms with Crippen molar-refractivity contribution in [3.63, 3.8) is 0 Å². The van der Waals surface area contributed by atoms with E-state index in [1.165, 1.54) is 0 Å². The summed E-state index contributed by atoms with van der Waals surface area (Å²) in [6.07, 6.45) is 0. The Morgan fingerprint density at radius 1 is 1.04 bits per heavy atom. The molecule has 25 heavy (non-hydrogen) atoms. The maximum atomic E-state index is 9.64. The number of benzene rings is 3. The highest BCUT2D eigenvalue weighted by Gasteiger charge is 2.31. The molecular formula is C21H16N2O2. The second kappa shape index (κ2) is 5.88. The lowest BCUT2D eigenvalue weighted by atomic mass is 9.82. The maximum absolute atomic E-state index is 9.64. The number of nitrogens with two attached hydrogens (primary N) is 1. The molecule has 3 aromatic carbocycles. The summed E-state index contributed by atoms with van der Waals surface area (Å²) in [5, 5.41) is 11.7. The minimum atomic E-state index is -0.260. The van der Waals surface area contributed by atoms with Crippen molar-refractivity contribution in [1.29, 1.82) is 5.26 Å². The Labute approximate surface area is 145 Å². The number of rotatable bonds is 2. The molecule has 0 bridgehead atoms. The van der Waals surface area contributed by atoms with Crippen LogP contribution in [-0.2, 0) is 0 Å². The highest BCUT2D eigenvalue weighted by Crippen LogP contribution is 2.45. The van der Waals surface area contributed by atoms with Crippen LogP contribution in [0.25, 0.3) is 10.8 Å². The van der Waals surface area contributed by atoms with Gasteiger partial charge in [0.25, 0.3) is 0 Å². The summed E-state index contributed by atoms with van der Waals surface area (Å²) in [6.45, 7) is 0. The Balaban J connectivity index is 1.96. The average Bonchev–Trinajstić information content (AvgIpc) is 2.67. The highest BCUT2D eigenvalue weighted by molar-refractivity contribution is 5.90. The van der Waals surface area contributed by atoms with Crippen LogP contribution in [0.15, 0.2) is 72.1 Å². The quantitative estimate of drug-likeness (QED) is 0.770. The third-order valence-corrected chi connectivity index (χ3v) is 4.56. The van der Waals surface area contributed by atoms with Gasteiger partial charge in [0.05, 0.1) is 13.0 Å². The molecule has 4 nitrogen and oxygen atoms in total. The van der Waals surface area contributed by atoms with E-state index >= 15 is 0 Å². The average molecular weight is 328 g/mol. The molecule has 2 N–H and O–H groups in total. The molecule has 0 amide bonds. The Kier molecular flexibility index (Phi) is 3.55. The van der Waals surface area contributed by atoms with Crippen molar-refractivity contribution in [3.8, 4) is 17.6 Å². The molecule has 1 unspecified atom stereocenters. The summed E-state index contributed by atoms with van der Waals surface area (Å²) >= 11 is 0. The molecule has 0 aliphatic carbocycles. The minimum Gasteiger partial charge on any atom is -0.497 e. The molecule has 0 spiro atoms. The van der Waals surface area contributed by atoms with Crippen LogP contribution in [0.5, 0.6) is 11.5 Å². The monoisotopic (exact) mass is 328 g/mol. The number of allylic oxidation sites excluding steroid dienone is 1. The zero-order valence-corrected chi connectivity index (χ0v) is 13.7. The van der Waals surface area contributed by atoms with Gasteiger partial charge in [0, 0.05) is 10.9 Å². The zero-order chi connectivity index (χ0) is 17.4. The molecule has 0 radical (unpaired) electrons. The first-order valence-electron chi connectivity index (χ1n) is 7.96. The van der Waals surface area contributed by atoms with Gasteiger partial charge in [-0.25, -0.2) is 0 Å². The second-order valence-electron chi connectivity index (χ2n) is 5.90. The molecule has 4 heteroatoms. The molecule has 0 aromatic heterocycles. The topological polar surface area (TPSA) is 68.3 Å². The molecule has 3 aromatic rings. The van der Waals surface area contributed by atoms with E-state index in [1.807, 2.05) is 60.7 Å². The molecule has 0 fully saturated rings. The van der Waals surface area contributed by atoms with Crippen LogP contribution in [0, 0.1) is 11.3 Å². The van der Waals surface area contributed by atoms with Gasteiger partial charge < -0.3 is 15.2 Å². The number of nitriles is 1. The van der Waals surface area contributed by atoms with Gasteiger partial charge in [-0.15, -0.1) is 0 Å². The number of methoxy groups -OCH3 is 1. The Morgan fingerprint density at radius 3 is 2.52 bits per heavy atom. The summed E-state index contributed by atoms with van der Waals surface area (Å²) < 4.78 is 11.1. The molecule has 1 aliphatic heterocycles. The van der Waals surface area contributed by atoms with Crippen LogP contribution < -0.4 is 15.2 Å². The number of hydrogen-bond donors (Lipinski definition) is 1. The Hall–Kier alpha value is -3.45. The summed E-state index contributed by atoms with van der Waals surface area (Å²) in [5.41, 5.74) is 8.43. The lowest BCUT2D eigenvalue weighted by Gasteiger charge is -2.27. The largest absolute Gasteiger partial charge is 0.497 e. The molecule has 0 saturated heterocycles. The lowest BCUT2D eigenvalue weighted by Crippen LogP contribution is -2.21. The molecular weight excluding hydrogens is 312 g/mol. The van der Waals surface area contributed by atoms with E-state index in [9.17, 15) is 5.26 Å². The zero-order valence-electron chi connectivity index (χ0n) is 13.7. The summed E-state index contributed by atoms with van der Waals surface area (Å²) in [7, 11) is 1.63. The van der Waals surface area contributed by atoms with E-state index in [4.69, 9.17) is 15.2 Å². The normalized spacial score (nSPS) is 16.1. The van der Waals surface area contributed by atoms with Gasteiger partial charge >= 0.3 is 0 Å². The van der Waals surface area contributed by atoms with E-state index in [0.29, 0.717) is 5.57 Å². The second-order valence-corrected chi connectivity index (χ2v) is 5.90. The van der Waals surface area contributed by atoms with Crippen LogP contribution in [0.4, 0.5) is 0 Å². The van der Waals surface area contributed by atoms with Crippen molar-refractivity contribution in [3.05, 3.63) is 83.2 Å². The minimum absolute atomic E-state index is 0.159. The van der Waals surface area contributed by atoms with Crippen molar-refractivity contribution < 1.29 is 9.47 Å². The van der Waals surface area contributed by atoms with Crippen molar-refractivity contribution in [1.82, 2.24) is 0 Å². The van der Waals surface area contributed by atoms with E-state index in [1.54, 1.807) is 7.11 Å². The fourth-order valence-electron chi connectivity index (χ4n) is 3.33. The van der Waals surface area contributed by atoms with Crippen LogP contribution in [0.2, 0.25) is 0 Å². The molecule has 1 aliphatic rings. The lowest BCUT2D eigenvalue weighted by molar-refractivity contribution is 0.398. The predicted molar refractivity (Wildman–Crippen MR) is 96.2 cm³/mol. The molecule has 1 atom stereocenters. The standard InChI is InChI=1S/C21H16N2O2/c1-24-15-9-6-14(7-10-15)19-17-11-8-13-4-2-3-5-16(13)20(17)25-21(23)18(19)12-22/h2-11,19H,23H2,1H3. The third kappa shape index (κ3) is 2.38. The van der Waals surface area contributed by atoms with E-state index in [-0.39, 0.29) is 11.8 Å². The number of hydrogen-bond acceptors (Lipinski definition) is 4. The number of ether oxygens (including phenoxy) is 2. The number of nitrogens with zero attached hydrogens (tertiary/aromatic N) is 1. The molecule has 4 rings (SSSR count). The third-order valence-electron chi connectivity index (χ3n) is 4.56. The van der Waals surface area contributed by atoms with Gasteiger partial charge in [0.2, 0.25) is 5.88 Å². The van der Waals surface area contributed by atoms with Crippen molar-refractivity contribution in [2.24, 2.45) is 5.73 Å². The summed E-state index contributed by atoms with van der Waals surface area (Å²) in [4.78, 5) is 0. The van der Waals surface area contributed by atoms with E-state index in [2.05, 4.69) is 6.07 Å². The van der Waals surface area contributed by atoms with E-state index in [0.717, 1.165) is 33.4 Å². The van der Waals surface area contributed by atoms with Crippen LogP contribution >= 0.6 is 0 Å². The van der Waals surface area contributed by atoms with E-state index < -0.39 is 0 Å². The van der Waals surface area contributed by atoms with Gasteiger partial charge in [0.15, 0.2) is 0 Å². The Bertz CT molecular complexity index is 1030. The fourth-order valence-corrected chi connectivity index (χ4v) is 3.33. The first kappa shape index (κ1) is 15.1. The molecule has 0 saturated carbocycles. The first-order chi connectivity index (χ1) is 12.2. The van der Waals surface area contributed by atoms with Gasteiger partial charge in [-0.1, -0.05) is 48.5 Å². The first-order valence-corrected chi connectivity index (χ1v) is 7.96. The van der Waals surface area contributed by atoms with Crippen LogP contribution in [0.1, 0.15) is 17.0 Å². The van der Waals surface area contributed by atoms with Gasteiger partial charge in [0.1, 0.15) is 23.1 Å². The molecule has 1 heterocycles. The molecule has 122 valence electrons.